The van der Waals surface area contributed by atoms with E-state index in [0.29, 0.717) is 0 Å². The van der Waals surface area contributed by atoms with E-state index in [2.05, 4.69) is 11.9 Å². The lowest BCUT2D eigenvalue weighted by atomic mass is 10.1. The predicted octanol–water partition coefficient (Wildman–Crippen LogP) is 3.71. The quantitative estimate of drug-likeness (QED) is 0.774. The van der Waals surface area contributed by atoms with Gasteiger partial charge in [0.25, 0.3) is 0 Å². The van der Waals surface area contributed by atoms with Gasteiger partial charge in [-0.15, -0.1) is 0 Å². The fraction of sp³-hybridized carbons (Fsp3) is 0.333. The Morgan fingerprint density at radius 1 is 1.60 bits per heavy atom. The smallest absolute Gasteiger partial charge is 0.142 e. The molecule has 3 heteroatoms. The molecule has 0 spiro atoms. The Balaban J connectivity index is 2.69. The summed E-state index contributed by atoms with van der Waals surface area (Å²) in [5.74, 6) is -0.377. The molecule has 1 rings (SSSR count). The molecule has 0 aliphatic heterocycles. The van der Waals surface area contributed by atoms with E-state index in [1.54, 1.807) is 6.07 Å². The molecule has 1 aromatic rings. The van der Waals surface area contributed by atoms with Crippen molar-refractivity contribution in [3.63, 3.8) is 0 Å². The highest BCUT2D eigenvalue weighted by atomic mass is 35.5. The largest absolute Gasteiger partial charge is 0.306 e. The van der Waals surface area contributed by atoms with Gasteiger partial charge >= 0.3 is 0 Å². The van der Waals surface area contributed by atoms with E-state index in [9.17, 15) is 4.39 Å². The van der Waals surface area contributed by atoms with Crippen LogP contribution in [0.1, 0.15) is 25.5 Å². The van der Waals surface area contributed by atoms with Crippen molar-refractivity contribution in [3.05, 3.63) is 46.8 Å². The van der Waals surface area contributed by atoms with Crippen molar-refractivity contribution in [2.24, 2.45) is 0 Å². The van der Waals surface area contributed by atoms with Crippen LogP contribution in [-0.2, 0) is 0 Å². The Morgan fingerprint density at radius 2 is 2.27 bits per heavy atom. The number of halogens is 2. The first-order valence-electron chi connectivity index (χ1n) is 4.83. The van der Waals surface area contributed by atoms with Gasteiger partial charge in [0.15, 0.2) is 0 Å². The normalized spacial score (nSPS) is 12.5. The standard InChI is InChI=1S/C12H15ClFN/c1-8(2)7-15-9(3)10-4-5-11(13)12(14)6-10/h4-6,9,15H,1,7H2,2-3H3. The number of hydrogen-bond acceptors (Lipinski definition) is 1. The Hall–Kier alpha value is -0.860. The van der Waals surface area contributed by atoms with E-state index in [-0.39, 0.29) is 16.9 Å². The lowest BCUT2D eigenvalue weighted by Gasteiger charge is -2.14. The number of hydrogen-bond donors (Lipinski definition) is 1. The summed E-state index contributed by atoms with van der Waals surface area (Å²) >= 11 is 5.60. The second-order valence-corrected chi connectivity index (χ2v) is 4.14. The van der Waals surface area contributed by atoms with Crippen LogP contribution in [0.25, 0.3) is 0 Å². The third-order valence-corrected chi connectivity index (χ3v) is 2.46. The molecule has 0 amide bonds. The van der Waals surface area contributed by atoms with Crippen LogP contribution in [0.4, 0.5) is 4.39 Å². The van der Waals surface area contributed by atoms with Gasteiger partial charge in [0.2, 0.25) is 0 Å². The van der Waals surface area contributed by atoms with Crippen LogP contribution in [0.3, 0.4) is 0 Å². The van der Waals surface area contributed by atoms with Gasteiger partial charge in [0.05, 0.1) is 5.02 Å². The molecule has 1 unspecified atom stereocenters. The highest BCUT2D eigenvalue weighted by Gasteiger charge is 2.07. The molecule has 0 aliphatic carbocycles. The van der Waals surface area contributed by atoms with Crippen molar-refractivity contribution in [1.82, 2.24) is 5.32 Å². The average molecular weight is 228 g/mol. The minimum Gasteiger partial charge on any atom is -0.306 e. The van der Waals surface area contributed by atoms with Crippen molar-refractivity contribution in [2.75, 3.05) is 6.54 Å². The van der Waals surface area contributed by atoms with Crippen LogP contribution in [0.15, 0.2) is 30.4 Å². The molecule has 0 aromatic heterocycles. The summed E-state index contributed by atoms with van der Waals surface area (Å²) in [5.41, 5.74) is 1.94. The lowest BCUT2D eigenvalue weighted by molar-refractivity contribution is 0.589. The van der Waals surface area contributed by atoms with Crippen molar-refractivity contribution >= 4 is 11.6 Å². The second kappa shape index (κ2) is 5.29. The molecule has 0 radical (unpaired) electrons. The summed E-state index contributed by atoms with van der Waals surface area (Å²) in [7, 11) is 0. The van der Waals surface area contributed by atoms with Crippen LogP contribution < -0.4 is 5.32 Å². The molecule has 82 valence electrons. The van der Waals surface area contributed by atoms with Gasteiger partial charge in [-0.1, -0.05) is 29.8 Å². The summed E-state index contributed by atoms with van der Waals surface area (Å²) < 4.78 is 13.2. The molecular formula is C12H15ClFN. The van der Waals surface area contributed by atoms with Gasteiger partial charge in [-0.05, 0) is 31.5 Å². The minimum absolute atomic E-state index is 0.0912. The van der Waals surface area contributed by atoms with Crippen LogP contribution in [0.5, 0.6) is 0 Å². The summed E-state index contributed by atoms with van der Waals surface area (Å²) in [6.07, 6.45) is 0. The Morgan fingerprint density at radius 3 is 2.80 bits per heavy atom. The summed E-state index contributed by atoms with van der Waals surface area (Å²) in [4.78, 5) is 0. The maximum atomic E-state index is 13.2. The molecule has 0 aliphatic rings. The fourth-order valence-corrected chi connectivity index (χ4v) is 1.34. The maximum absolute atomic E-state index is 13.2. The van der Waals surface area contributed by atoms with Crippen molar-refractivity contribution in [2.45, 2.75) is 19.9 Å². The predicted molar refractivity (Wildman–Crippen MR) is 62.6 cm³/mol. The summed E-state index contributed by atoms with van der Waals surface area (Å²) in [6, 6.07) is 4.94. The van der Waals surface area contributed by atoms with E-state index in [4.69, 9.17) is 11.6 Å². The Labute approximate surface area is 95.0 Å². The first-order chi connectivity index (χ1) is 7.00. The van der Waals surface area contributed by atoms with Crippen LogP contribution in [0.2, 0.25) is 5.02 Å². The van der Waals surface area contributed by atoms with Gasteiger partial charge in [0.1, 0.15) is 5.82 Å². The number of nitrogens with one attached hydrogen (secondary N) is 1. The van der Waals surface area contributed by atoms with E-state index >= 15 is 0 Å². The van der Waals surface area contributed by atoms with Crippen LogP contribution in [0, 0.1) is 5.82 Å². The fourth-order valence-electron chi connectivity index (χ4n) is 1.23. The third-order valence-electron chi connectivity index (χ3n) is 2.15. The number of rotatable bonds is 4. The van der Waals surface area contributed by atoms with Crippen molar-refractivity contribution in [3.8, 4) is 0 Å². The van der Waals surface area contributed by atoms with E-state index in [0.717, 1.165) is 17.7 Å². The van der Waals surface area contributed by atoms with Gasteiger partial charge in [-0.2, -0.15) is 0 Å². The zero-order chi connectivity index (χ0) is 11.4. The van der Waals surface area contributed by atoms with Gasteiger partial charge < -0.3 is 5.32 Å². The first kappa shape index (κ1) is 12.2. The molecule has 0 fully saturated rings. The van der Waals surface area contributed by atoms with Gasteiger partial charge in [-0.25, -0.2) is 4.39 Å². The molecule has 0 bridgehead atoms. The number of benzene rings is 1. The zero-order valence-electron chi connectivity index (χ0n) is 8.98. The van der Waals surface area contributed by atoms with E-state index in [1.807, 2.05) is 19.9 Å². The lowest BCUT2D eigenvalue weighted by Crippen LogP contribution is -2.20. The third kappa shape index (κ3) is 3.65. The molecular weight excluding hydrogens is 213 g/mol. The first-order valence-corrected chi connectivity index (χ1v) is 5.21. The van der Waals surface area contributed by atoms with Crippen molar-refractivity contribution in [1.29, 1.82) is 0 Å². The zero-order valence-corrected chi connectivity index (χ0v) is 9.74. The Kier molecular flexibility index (Phi) is 4.30. The molecule has 1 N–H and O–H groups in total. The van der Waals surface area contributed by atoms with Gasteiger partial charge in [-0.3, -0.25) is 0 Å². The van der Waals surface area contributed by atoms with Crippen LogP contribution in [-0.4, -0.2) is 6.54 Å². The molecule has 1 nitrogen and oxygen atoms in total. The molecule has 0 saturated carbocycles. The topological polar surface area (TPSA) is 12.0 Å². The Bertz CT molecular complexity index is 363. The highest BCUT2D eigenvalue weighted by Crippen LogP contribution is 2.19. The maximum Gasteiger partial charge on any atom is 0.142 e. The SMILES string of the molecule is C=C(C)CNC(C)c1ccc(Cl)c(F)c1. The van der Waals surface area contributed by atoms with Gasteiger partial charge in [0, 0.05) is 12.6 Å². The van der Waals surface area contributed by atoms with E-state index in [1.165, 1.54) is 6.07 Å². The molecule has 1 aromatic carbocycles. The molecule has 1 atom stereocenters. The average Bonchev–Trinajstić information content (AvgIpc) is 2.18. The van der Waals surface area contributed by atoms with E-state index < -0.39 is 0 Å². The molecule has 15 heavy (non-hydrogen) atoms. The monoisotopic (exact) mass is 227 g/mol. The van der Waals surface area contributed by atoms with Crippen molar-refractivity contribution < 1.29 is 4.39 Å². The minimum atomic E-state index is -0.377. The second-order valence-electron chi connectivity index (χ2n) is 3.73. The highest BCUT2D eigenvalue weighted by molar-refractivity contribution is 6.30. The summed E-state index contributed by atoms with van der Waals surface area (Å²) in [5, 5.41) is 3.39. The summed E-state index contributed by atoms with van der Waals surface area (Å²) in [6.45, 7) is 8.45. The molecule has 0 heterocycles. The van der Waals surface area contributed by atoms with Crippen LogP contribution >= 0.6 is 11.6 Å². The molecule has 0 saturated heterocycles.